The molecule has 0 atom stereocenters. The molecule has 1 spiro atoms. The molecule has 1 heterocycles. The van der Waals surface area contributed by atoms with Crippen LogP contribution in [-0.4, -0.2) is 42.5 Å². The van der Waals surface area contributed by atoms with E-state index in [-0.39, 0.29) is 36.4 Å². The summed E-state index contributed by atoms with van der Waals surface area (Å²) in [5.41, 5.74) is -0.799. The van der Waals surface area contributed by atoms with E-state index in [0.29, 0.717) is 5.41 Å². The number of rotatable bonds is 4. The van der Waals surface area contributed by atoms with Crippen LogP contribution < -0.4 is 5.32 Å². The Morgan fingerprint density at radius 2 is 1.56 bits per heavy atom. The summed E-state index contributed by atoms with van der Waals surface area (Å²) in [6.45, 7) is 1.39. The van der Waals surface area contributed by atoms with Crippen LogP contribution in [-0.2, 0) is 10.2 Å². The Morgan fingerprint density at radius 1 is 0.963 bits per heavy atom. The number of amides is 2. The molecule has 2 aliphatic carbocycles. The summed E-state index contributed by atoms with van der Waals surface area (Å²) < 4.78 is 39.5. The highest BCUT2D eigenvalue weighted by Gasteiger charge is 2.64. The lowest BCUT2D eigenvalue weighted by atomic mass is 9.94. The lowest BCUT2D eigenvalue weighted by Crippen LogP contribution is -2.44. The maximum Gasteiger partial charge on any atom is 0.398 e. The van der Waals surface area contributed by atoms with Crippen LogP contribution in [0.4, 0.5) is 13.2 Å². The number of hydrogen-bond donors (Lipinski definition) is 1. The molecule has 4 rings (SSSR count). The second kappa shape index (κ2) is 6.24. The number of benzene rings is 1. The fraction of sp³-hybridized carbons (Fsp3) is 0.600. The number of piperidine rings is 1. The zero-order valence-corrected chi connectivity index (χ0v) is 15.1. The number of nitrogens with zero attached hydrogens (tertiary/aromatic N) is 1. The summed E-state index contributed by atoms with van der Waals surface area (Å²) in [7, 11) is 0. The van der Waals surface area contributed by atoms with Crippen LogP contribution in [0.15, 0.2) is 24.3 Å². The van der Waals surface area contributed by atoms with Gasteiger partial charge < -0.3 is 10.2 Å². The summed E-state index contributed by atoms with van der Waals surface area (Å²) in [5, 5.41) is 2.58. The van der Waals surface area contributed by atoms with Crippen molar-refractivity contribution in [2.24, 2.45) is 5.41 Å². The highest BCUT2D eigenvalue weighted by Crippen LogP contribution is 2.58. The molecule has 1 N–H and O–H groups in total. The standard InChI is InChI=1S/C20H23F3N2O2/c21-20(22,23)19(7-8-19)15-3-1-14(2-4-15)17(27)24-13-16(26)25-11-9-18(5-6-18)10-12-25/h1-4H,5-13H2,(H,24,27). The summed E-state index contributed by atoms with van der Waals surface area (Å²) in [6.07, 6.45) is 0.511. The van der Waals surface area contributed by atoms with E-state index in [4.69, 9.17) is 0 Å². The van der Waals surface area contributed by atoms with Gasteiger partial charge in [0.05, 0.1) is 12.0 Å². The molecule has 7 heteroatoms. The molecular formula is C20H23F3N2O2. The van der Waals surface area contributed by atoms with Crippen molar-refractivity contribution in [1.29, 1.82) is 0 Å². The molecule has 4 nitrogen and oxygen atoms in total. The molecule has 146 valence electrons. The van der Waals surface area contributed by atoms with Crippen molar-refractivity contribution >= 4 is 11.8 Å². The minimum Gasteiger partial charge on any atom is -0.343 e. The minimum absolute atomic E-state index is 0.0833. The van der Waals surface area contributed by atoms with Crippen LogP contribution in [0.3, 0.4) is 0 Å². The zero-order valence-electron chi connectivity index (χ0n) is 15.1. The highest BCUT2D eigenvalue weighted by molar-refractivity contribution is 5.96. The normalized spacial score (nSPS) is 22.4. The Kier molecular flexibility index (Phi) is 4.24. The van der Waals surface area contributed by atoms with Crippen molar-refractivity contribution in [2.45, 2.75) is 50.1 Å². The van der Waals surface area contributed by atoms with Crippen LogP contribution in [0.5, 0.6) is 0 Å². The molecular weight excluding hydrogens is 357 g/mol. The highest BCUT2D eigenvalue weighted by atomic mass is 19.4. The van der Waals surface area contributed by atoms with Crippen LogP contribution >= 0.6 is 0 Å². The Balaban J connectivity index is 1.30. The third kappa shape index (κ3) is 3.44. The maximum absolute atomic E-state index is 13.2. The molecule has 0 radical (unpaired) electrons. The van der Waals surface area contributed by atoms with Gasteiger partial charge in [0, 0.05) is 18.7 Å². The van der Waals surface area contributed by atoms with E-state index in [9.17, 15) is 22.8 Å². The number of carbonyl (C=O) groups excluding carboxylic acids is 2. The molecule has 1 aromatic rings. The van der Waals surface area contributed by atoms with Gasteiger partial charge in [-0.2, -0.15) is 13.2 Å². The van der Waals surface area contributed by atoms with Gasteiger partial charge in [-0.05, 0) is 61.6 Å². The van der Waals surface area contributed by atoms with E-state index in [1.165, 1.54) is 37.1 Å². The van der Waals surface area contributed by atoms with Crippen molar-refractivity contribution in [3.05, 3.63) is 35.4 Å². The van der Waals surface area contributed by atoms with Crippen molar-refractivity contribution in [2.75, 3.05) is 19.6 Å². The molecule has 2 saturated carbocycles. The predicted octanol–water partition coefficient (Wildman–Crippen LogP) is 3.41. The Labute approximate surface area is 156 Å². The van der Waals surface area contributed by atoms with Crippen LogP contribution in [0.1, 0.15) is 54.4 Å². The number of nitrogens with one attached hydrogen (secondary N) is 1. The molecule has 1 aromatic carbocycles. The summed E-state index contributed by atoms with van der Waals surface area (Å²) in [5.74, 6) is -0.549. The van der Waals surface area contributed by atoms with Gasteiger partial charge in [-0.1, -0.05) is 12.1 Å². The lowest BCUT2D eigenvalue weighted by Gasteiger charge is -2.32. The predicted molar refractivity (Wildman–Crippen MR) is 93.2 cm³/mol. The number of carbonyl (C=O) groups is 2. The Bertz CT molecular complexity index is 739. The molecule has 0 aromatic heterocycles. The lowest BCUT2D eigenvalue weighted by molar-refractivity contribution is -0.160. The van der Waals surface area contributed by atoms with Gasteiger partial charge in [-0.25, -0.2) is 0 Å². The van der Waals surface area contributed by atoms with Crippen LogP contribution in [0.25, 0.3) is 0 Å². The minimum atomic E-state index is -4.27. The van der Waals surface area contributed by atoms with Gasteiger partial charge in [0.25, 0.3) is 5.91 Å². The summed E-state index contributed by atoms with van der Waals surface area (Å²) in [6, 6.07) is 5.55. The van der Waals surface area contributed by atoms with E-state index < -0.39 is 17.5 Å². The van der Waals surface area contributed by atoms with Crippen molar-refractivity contribution in [3.8, 4) is 0 Å². The van der Waals surface area contributed by atoms with Crippen molar-refractivity contribution < 1.29 is 22.8 Å². The fourth-order valence-corrected chi connectivity index (χ4v) is 4.08. The number of halogens is 3. The second-order valence-corrected chi connectivity index (χ2v) is 8.22. The average Bonchev–Trinajstić information content (AvgIpc) is 3.56. The smallest absolute Gasteiger partial charge is 0.343 e. The Hall–Kier alpha value is -2.05. The third-order valence-electron chi connectivity index (χ3n) is 6.53. The molecule has 0 bridgehead atoms. The van der Waals surface area contributed by atoms with Gasteiger partial charge in [0.1, 0.15) is 0 Å². The first-order valence-corrected chi connectivity index (χ1v) is 9.48. The largest absolute Gasteiger partial charge is 0.398 e. The van der Waals surface area contributed by atoms with Gasteiger partial charge in [0.2, 0.25) is 5.91 Å². The van der Waals surface area contributed by atoms with E-state index in [0.717, 1.165) is 25.9 Å². The summed E-state index contributed by atoms with van der Waals surface area (Å²) in [4.78, 5) is 26.3. The van der Waals surface area contributed by atoms with E-state index in [1.807, 2.05) is 0 Å². The molecule has 3 fully saturated rings. The molecule has 1 saturated heterocycles. The third-order valence-corrected chi connectivity index (χ3v) is 6.53. The van der Waals surface area contributed by atoms with Crippen LogP contribution in [0.2, 0.25) is 0 Å². The number of likely N-dealkylation sites (tertiary alicyclic amines) is 1. The first-order chi connectivity index (χ1) is 12.7. The van der Waals surface area contributed by atoms with Gasteiger partial charge >= 0.3 is 6.18 Å². The van der Waals surface area contributed by atoms with E-state index in [2.05, 4.69) is 5.32 Å². The SMILES string of the molecule is O=C(NCC(=O)N1CCC2(CC1)CC2)c1ccc(C2(C(F)(F)F)CC2)cc1. The average molecular weight is 380 g/mol. The monoisotopic (exact) mass is 380 g/mol. The molecule has 2 amide bonds. The quantitative estimate of drug-likeness (QED) is 0.870. The number of alkyl halides is 3. The molecule has 3 aliphatic rings. The van der Waals surface area contributed by atoms with E-state index in [1.54, 1.807) is 4.90 Å². The maximum atomic E-state index is 13.2. The number of hydrogen-bond acceptors (Lipinski definition) is 2. The van der Waals surface area contributed by atoms with Gasteiger partial charge in [-0.15, -0.1) is 0 Å². The summed E-state index contributed by atoms with van der Waals surface area (Å²) >= 11 is 0. The zero-order chi connectivity index (χ0) is 19.3. The first kappa shape index (κ1) is 18.3. The van der Waals surface area contributed by atoms with Gasteiger partial charge in [0.15, 0.2) is 0 Å². The first-order valence-electron chi connectivity index (χ1n) is 9.48. The van der Waals surface area contributed by atoms with Crippen LogP contribution in [0, 0.1) is 5.41 Å². The van der Waals surface area contributed by atoms with E-state index >= 15 is 0 Å². The fourth-order valence-electron chi connectivity index (χ4n) is 4.08. The van der Waals surface area contributed by atoms with Crippen molar-refractivity contribution in [3.63, 3.8) is 0 Å². The van der Waals surface area contributed by atoms with Crippen molar-refractivity contribution in [1.82, 2.24) is 10.2 Å². The molecule has 1 aliphatic heterocycles. The van der Waals surface area contributed by atoms with Gasteiger partial charge in [-0.3, -0.25) is 9.59 Å². The topological polar surface area (TPSA) is 49.4 Å². The second-order valence-electron chi connectivity index (χ2n) is 8.22. The molecule has 27 heavy (non-hydrogen) atoms. The Morgan fingerprint density at radius 3 is 2.04 bits per heavy atom. The molecule has 0 unspecified atom stereocenters.